The van der Waals surface area contributed by atoms with Crippen LogP contribution in [0.15, 0.2) is 42.9 Å². The van der Waals surface area contributed by atoms with E-state index in [0.717, 1.165) is 38.1 Å². The summed E-state index contributed by atoms with van der Waals surface area (Å²) in [5, 5.41) is 1.26. The number of pyridine rings is 1. The Morgan fingerprint density at radius 3 is 2.89 bits per heavy atom. The molecule has 0 amide bonds. The van der Waals surface area contributed by atoms with Gasteiger partial charge in [-0.2, -0.15) is 0 Å². The van der Waals surface area contributed by atoms with Crippen LogP contribution in [0.25, 0.3) is 10.9 Å². The first kappa shape index (κ1) is 18.9. The van der Waals surface area contributed by atoms with Gasteiger partial charge in [-0.05, 0) is 65.0 Å². The van der Waals surface area contributed by atoms with Gasteiger partial charge in [-0.25, -0.2) is 4.98 Å². The van der Waals surface area contributed by atoms with Crippen LogP contribution in [0.5, 0.6) is 0 Å². The zero-order valence-corrected chi connectivity index (χ0v) is 17.3. The summed E-state index contributed by atoms with van der Waals surface area (Å²) < 4.78 is 2.37. The Labute approximate surface area is 168 Å². The van der Waals surface area contributed by atoms with Crippen molar-refractivity contribution in [3.8, 4) is 0 Å². The summed E-state index contributed by atoms with van der Waals surface area (Å²) in [6.07, 6.45) is 9.62. The summed E-state index contributed by atoms with van der Waals surface area (Å²) in [4.78, 5) is 14.1. The number of hydrogen-bond acceptors (Lipinski definition) is 4. The second-order valence-corrected chi connectivity index (χ2v) is 8.27. The van der Waals surface area contributed by atoms with E-state index in [0.29, 0.717) is 5.92 Å². The topological polar surface area (TPSA) is 37.2 Å². The minimum atomic E-state index is 0.483. The van der Waals surface area contributed by atoms with E-state index in [2.05, 4.69) is 70.8 Å². The molecule has 1 fully saturated rings. The fourth-order valence-electron chi connectivity index (χ4n) is 4.36. The second kappa shape index (κ2) is 8.31. The molecule has 1 aliphatic rings. The van der Waals surface area contributed by atoms with Crippen molar-refractivity contribution in [2.75, 3.05) is 38.6 Å². The van der Waals surface area contributed by atoms with E-state index in [9.17, 15) is 0 Å². The maximum atomic E-state index is 4.75. The molecule has 28 heavy (non-hydrogen) atoms. The van der Waals surface area contributed by atoms with Gasteiger partial charge in [0.1, 0.15) is 5.82 Å². The van der Waals surface area contributed by atoms with Gasteiger partial charge in [-0.1, -0.05) is 11.6 Å². The normalized spacial score (nSPS) is 17.6. The fraction of sp³-hybridized carbons (Fsp3) is 0.478. The van der Waals surface area contributed by atoms with Gasteiger partial charge in [0.15, 0.2) is 0 Å². The van der Waals surface area contributed by atoms with E-state index in [-0.39, 0.29) is 0 Å². The highest BCUT2D eigenvalue weighted by atomic mass is 15.2. The third kappa shape index (κ3) is 4.04. The van der Waals surface area contributed by atoms with Crippen molar-refractivity contribution in [2.24, 2.45) is 0 Å². The molecule has 1 aliphatic heterocycles. The zero-order chi connectivity index (χ0) is 19.5. The fourth-order valence-corrected chi connectivity index (χ4v) is 4.36. The molecule has 2 aromatic heterocycles. The molecule has 5 heteroatoms. The van der Waals surface area contributed by atoms with E-state index in [1.165, 1.54) is 35.3 Å². The predicted molar refractivity (Wildman–Crippen MR) is 116 cm³/mol. The van der Waals surface area contributed by atoms with Crippen molar-refractivity contribution in [1.29, 1.82) is 0 Å². The van der Waals surface area contributed by atoms with Crippen LogP contribution in [0, 0.1) is 6.92 Å². The Bertz CT molecular complexity index is 930. The van der Waals surface area contributed by atoms with E-state index in [4.69, 9.17) is 4.98 Å². The number of imidazole rings is 1. The van der Waals surface area contributed by atoms with Crippen LogP contribution < -0.4 is 4.90 Å². The first-order chi connectivity index (χ1) is 13.6. The van der Waals surface area contributed by atoms with Crippen LogP contribution in [0.3, 0.4) is 0 Å². The van der Waals surface area contributed by atoms with Crippen LogP contribution >= 0.6 is 0 Å². The maximum absolute atomic E-state index is 4.75. The van der Waals surface area contributed by atoms with Gasteiger partial charge in [0.25, 0.3) is 0 Å². The maximum Gasteiger partial charge on any atom is 0.113 e. The van der Waals surface area contributed by atoms with Gasteiger partial charge in [0, 0.05) is 55.2 Å². The quantitative estimate of drug-likeness (QED) is 0.649. The molecule has 3 aromatic rings. The second-order valence-electron chi connectivity index (χ2n) is 8.27. The summed E-state index contributed by atoms with van der Waals surface area (Å²) in [7, 11) is 4.27. The van der Waals surface area contributed by atoms with E-state index in [1.807, 2.05) is 12.4 Å². The number of aromatic nitrogens is 3. The number of anilines is 1. The first-order valence-corrected chi connectivity index (χ1v) is 10.4. The SMILES string of the molecule is Cc1ccc2nccc(N3CCCC(c4nccn4CCCN(C)C)C3)c2c1. The lowest BCUT2D eigenvalue weighted by Gasteiger charge is -2.35. The van der Waals surface area contributed by atoms with Crippen LogP contribution in [-0.2, 0) is 6.54 Å². The summed E-state index contributed by atoms with van der Waals surface area (Å²) in [6, 6.07) is 8.72. The van der Waals surface area contributed by atoms with Crippen LogP contribution in [-0.4, -0.2) is 53.2 Å². The molecule has 0 saturated carbocycles. The highest BCUT2D eigenvalue weighted by Crippen LogP contribution is 2.33. The predicted octanol–water partition coefficient (Wildman–Crippen LogP) is 4.08. The van der Waals surface area contributed by atoms with Gasteiger partial charge < -0.3 is 14.4 Å². The lowest BCUT2D eigenvalue weighted by atomic mass is 9.96. The molecular weight excluding hydrogens is 346 g/mol. The monoisotopic (exact) mass is 377 g/mol. The van der Waals surface area contributed by atoms with Crippen molar-refractivity contribution in [3.63, 3.8) is 0 Å². The molecule has 1 unspecified atom stereocenters. The first-order valence-electron chi connectivity index (χ1n) is 10.4. The van der Waals surface area contributed by atoms with Crippen molar-refractivity contribution in [3.05, 3.63) is 54.2 Å². The molecule has 1 atom stereocenters. The molecule has 4 rings (SSSR count). The Morgan fingerprint density at radius 1 is 1.14 bits per heavy atom. The van der Waals surface area contributed by atoms with Gasteiger partial charge in [-0.3, -0.25) is 4.98 Å². The Balaban J connectivity index is 1.55. The molecule has 0 aliphatic carbocycles. The molecule has 148 valence electrons. The highest BCUT2D eigenvalue weighted by molar-refractivity contribution is 5.92. The van der Waals surface area contributed by atoms with Gasteiger partial charge in [0.2, 0.25) is 0 Å². The van der Waals surface area contributed by atoms with E-state index in [1.54, 1.807) is 0 Å². The lowest BCUT2D eigenvalue weighted by molar-refractivity contribution is 0.380. The summed E-state index contributed by atoms with van der Waals surface area (Å²) in [6.45, 7) is 6.43. The van der Waals surface area contributed by atoms with Crippen molar-refractivity contribution in [2.45, 2.75) is 38.6 Å². The summed E-state index contributed by atoms with van der Waals surface area (Å²) in [5.41, 5.74) is 3.67. The minimum absolute atomic E-state index is 0.483. The zero-order valence-electron chi connectivity index (χ0n) is 17.3. The van der Waals surface area contributed by atoms with Crippen molar-refractivity contribution < 1.29 is 0 Å². The number of hydrogen-bond donors (Lipinski definition) is 0. The highest BCUT2D eigenvalue weighted by Gasteiger charge is 2.25. The minimum Gasteiger partial charge on any atom is -0.370 e. The molecular formula is C23H31N5. The Hall–Kier alpha value is -2.40. The van der Waals surface area contributed by atoms with Crippen molar-refractivity contribution >= 4 is 16.6 Å². The van der Waals surface area contributed by atoms with Crippen LogP contribution in [0.1, 0.15) is 36.6 Å². The average Bonchev–Trinajstić information content (AvgIpc) is 3.16. The molecule has 1 saturated heterocycles. The Morgan fingerprint density at radius 2 is 2.04 bits per heavy atom. The molecule has 5 nitrogen and oxygen atoms in total. The van der Waals surface area contributed by atoms with Crippen molar-refractivity contribution in [1.82, 2.24) is 19.4 Å². The van der Waals surface area contributed by atoms with E-state index >= 15 is 0 Å². The Kier molecular flexibility index (Phi) is 5.62. The molecule has 1 aromatic carbocycles. The van der Waals surface area contributed by atoms with Crippen LogP contribution in [0.4, 0.5) is 5.69 Å². The lowest BCUT2D eigenvalue weighted by Crippen LogP contribution is -2.35. The third-order valence-electron chi connectivity index (χ3n) is 5.75. The number of benzene rings is 1. The van der Waals surface area contributed by atoms with E-state index < -0.39 is 0 Å². The standard InChI is InChI=1S/C23H31N5/c1-18-7-8-21-20(16-18)22(9-10-24-21)28-13-4-6-19(17-28)23-25-11-15-27(23)14-5-12-26(2)3/h7-11,15-16,19H,4-6,12-14,17H2,1-3H3. The number of fused-ring (bicyclic) bond motifs is 1. The molecule has 0 spiro atoms. The summed E-state index contributed by atoms with van der Waals surface area (Å²) in [5.74, 6) is 1.73. The average molecular weight is 378 g/mol. The summed E-state index contributed by atoms with van der Waals surface area (Å²) >= 11 is 0. The smallest absolute Gasteiger partial charge is 0.113 e. The number of aryl methyl sites for hydroxylation is 2. The molecule has 3 heterocycles. The molecule has 0 N–H and O–H groups in total. The third-order valence-corrected chi connectivity index (χ3v) is 5.75. The molecule has 0 bridgehead atoms. The number of rotatable bonds is 6. The van der Waals surface area contributed by atoms with Gasteiger partial charge >= 0.3 is 0 Å². The van der Waals surface area contributed by atoms with Gasteiger partial charge in [0.05, 0.1) is 5.52 Å². The number of piperidine rings is 1. The number of nitrogens with zero attached hydrogens (tertiary/aromatic N) is 5. The largest absolute Gasteiger partial charge is 0.370 e. The van der Waals surface area contributed by atoms with Gasteiger partial charge in [-0.15, -0.1) is 0 Å². The molecule has 0 radical (unpaired) electrons. The van der Waals surface area contributed by atoms with Crippen LogP contribution in [0.2, 0.25) is 0 Å².